The normalized spacial score (nSPS) is 12.9. The van der Waals surface area contributed by atoms with Gasteiger partial charge in [0.15, 0.2) is 0 Å². The van der Waals surface area contributed by atoms with E-state index >= 15 is 0 Å². The van der Waals surface area contributed by atoms with Crippen LogP contribution in [0.25, 0.3) is 0 Å². The molecule has 0 radical (unpaired) electrons. The van der Waals surface area contributed by atoms with E-state index in [1.54, 1.807) is 17.2 Å². The largest absolute Gasteiger partial charge is 0.365 e. The lowest BCUT2D eigenvalue weighted by Crippen LogP contribution is -2.29. The second-order valence-corrected chi connectivity index (χ2v) is 4.79. The van der Waals surface area contributed by atoms with Crippen molar-refractivity contribution >= 4 is 17.4 Å². The maximum Gasteiger partial charge on any atom is 0.278 e. The highest BCUT2D eigenvalue weighted by atomic mass is 16.2. The van der Waals surface area contributed by atoms with Crippen LogP contribution in [0.15, 0.2) is 49.3 Å². The molecule has 0 bridgehead atoms. The summed E-state index contributed by atoms with van der Waals surface area (Å²) in [4.78, 5) is 22.7. The number of nitrogens with zero attached hydrogens (tertiary/aromatic N) is 3. The number of aromatic nitrogens is 2. The zero-order chi connectivity index (χ0) is 14.7. The summed E-state index contributed by atoms with van der Waals surface area (Å²) in [5.41, 5.74) is 2.53. The fourth-order valence-corrected chi connectivity index (χ4v) is 2.39. The van der Waals surface area contributed by atoms with Crippen molar-refractivity contribution in [2.45, 2.75) is 6.42 Å². The van der Waals surface area contributed by atoms with Gasteiger partial charge in [-0.25, -0.2) is 9.97 Å². The number of carbonyl (C=O) groups is 1. The number of fused-ring (bicyclic) bond motifs is 1. The molecular formula is C16H16N4O. The first kappa shape index (κ1) is 13.3. The van der Waals surface area contributed by atoms with Gasteiger partial charge < -0.3 is 10.2 Å². The molecule has 0 fully saturated rings. The zero-order valence-electron chi connectivity index (χ0n) is 11.6. The highest BCUT2D eigenvalue weighted by molar-refractivity contribution is 6.05. The van der Waals surface area contributed by atoms with Gasteiger partial charge in [0.05, 0.1) is 12.4 Å². The Kier molecular flexibility index (Phi) is 3.64. The van der Waals surface area contributed by atoms with Crippen LogP contribution in [0.4, 0.5) is 11.5 Å². The fraction of sp³-hybridized carbons (Fsp3) is 0.188. The van der Waals surface area contributed by atoms with Crippen molar-refractivity contribution in [1.82, 2.24) is 9.97 Å². The lowest BCUT2D eigenvalue weighted by atomic mass is 10.2. The molecule has 2 heterocycles. The number of hydrogen-bond donors (Lipinski definition) is 1. The van der Waals surface area contributed by atoms with Gasteiger partial charge in [-0.2, -0.15) is 0 Å². The quantitative estimate of drug-likeness (QED) is 0.873. The Labute approximate surface area is 123 Å². The number of hydrogen-bond acceptors (Lipinski definition) is 4. The van der Waals surface area contributed by atoms with E-state index < -0.39 is 0 Å². The van der Waals surface area contributed by atoms with E-state index in [9.17, 15) is 4.79 Å². The predicted octanol–water partition coefficient (Wildman–Crippen LogP) is 2.28. The van der Waals surface area contributed by atoms with Crippen molar-refractivity contribution in [1.29, 1.82) is 0 Å². The summed E-state index contributed by atoms with van der Waals surface area (Å²) in [7, 11) is 0. The maximum absolute atomic E-state index is 12.5. The molecule has 21 heavy (non-hydrogen) atoms. The van der Waals surface area contributed by atoms with E-state index in [0.717, 1.165) is 12.1 Å². The van der Waals surface area contributed by atoms with Crippen molar-refractivity contribution in [2.24, 2.45) is 0 Å². The Hall–Kier alpha value is -2.69. The van der Waals surface area contributed by atoms with E-state index in [0.29, 0.717) is 24.6 Å². The standard InChI is InChI=1S/C16H16N4O/c1-2-8-17-15-11-18-13(10-19-15)16(21)20-9-7-12-5-3-4-6-14(12)20/h2-6,10-11H,1,7-9H2,(H,17,19). The van der Waals surface area contributed by atoms with Gasteiger partial charge in [0.25, 0.3) is 5.91 Å². The lowest BCUT2D eigenvalue weighted by Gasteiger charge is -2.16. The SMILES string of the molecule is C=CCNc1cnc(C(=O)N2CCc3ccccc32)cn1. The van der Waals surface area contributed by atoms with Gasteiger partial charge >= 0.3 is 0 Å². The number of carbonyl (C=O) groups excluding carboxylic acids is 1. The van der Waals surface area contributed by atoms with Gasteiger partial charge in [-0.1, -0.05) is 24.3 Å². The van der Waals surface area contributed by atoms with Gasteiger partial charge in [0.1, 0.15) is 11.5 Å². The molecule has 1 aromatic carbocycles. The third kappa shape index (κ3) is 2.63. The fourth-order valence-electron chi connectivity index (χ4n) is 2.39. The number of anilines is 2. The molecule has 1 amide bonds. The van der Waals surface area contributed by atoms with Gasteiger partial charge in [-0.3, -0.25) is 4.79 Å². The molecule has 3 rings (SSSR count). The smallest absolute Gasteiger partial charge is 0.278 e. The monoisotopic (exact) mass is 280 g/mol. The summed E-state index contributed by atoms with van der Waals surface area (Å²) in [5, 5.41) is 3.03. The minimum Gasteiger partial charge on any atom is -0.365 e. The molecule has 1 aliphatic rings. The van der Waals surface area contributed by atoms with Crippen LogP contribution in [0.1, 0.15) is 16.1 Å². The summed E-state index contributed by atoms with van der Waals surface area (Å²) in [6, 6.07) is 7.95. The molecule has 5 nitrogen and oxygen atoms in total. The summed E-state index contributed by atoms with van der Waals surface area (Å²) in [6.45, 7) is 4.93. The molecule has 0 unspecified atom stereocenters. The molecule has 5 heteroatoms. The average molecular weight is 280 g/mol. The molecule has 0 atom stereocenters. The highest BCUT2D eigenvalue weighted by Gasteiger charge is 2.25. The predicted molar refractivity (Wildman–Crippen MR) is 82.5 cm³/mol. The first-order valence-corrected chi connectivity index (χ1v) is 6.86. The lowest BCUT2D eigenvalue weighted by molar-refractivity contribution is 0.0984. The highest BCUT2D eigenvalue weighted by Crippen LogP contribution is 2.28. The van der Waals surface area contributed by atoms with Gasteiger partial charge in [-0.05, 0) is 18.1 Å². The van der Waals surface area contributed by atoms with Crippen LogP contribution >= 0.6 is 0 Å². The van der Waals surface area contributed by atoms with Crippen molar-refractivity contribution in [3.8, 4) is 0 Å². The van der Waals surface area contributed by atoms with E-state index in [-0.39, 0.29) is 5.91 Å². The molecule has 0 aliphatic carbocycles. The Morgan fingerprint density at radius 3 is 2.95 bits per heavy atom. The molecule has 0 saturated heterocycles. The van der Waals surface area contributed by atoms with Crippen molar-refractivity contribution < 1.29 is 4.79 Å². The number of benzene rings is 1. The Morgan fingerprint density at radius 1 is 1.33 bits per heavy atom. The second-order valence-electron chi connectivity index (χ2n) is 4.79. The number of nitrogens with one attached hydrogen (secondary N) is 1. The van der Waals surface area contributed by atoms with Gasteiger partial charge in [0, 0.05) is 18.8 Å². The summed E-state index contributed by atoms with van der Waals surface area (Å²) >= 11 is 0. The summed E-state index contributed by atoms with van der Waals surface area (Å²) in [6.07, 6.45) is 5.70. The minimum absolute atomic E-state index is 0.109. The van der Waals surface area contributed by atoms with E-state index in [4.69, 9.17) is 0 Å². The Bertz CT molecular complexity index is 666. The van der Waals surface area contributed by atoms with E-state index in [1.165, 1.54) is 11.8 Å². The van der Waals surface area contributed by atoms with Crippen LogP contribution in [-0.2, 0) is 6.42 Å². The van der Waals surface area contributed by atoms with Gasteiger partial charge in [-0.15, -0.1) is 6.58 Å². The number of amides is 1. The van der Waals surface area contributed by atoms with Crippen LogP contribution in [0.2, 0.25) is 0 Å². The van der Waals surface area contributed by atoms with Gasteiger partial charge in [0.2, 0.25) is 0 Å². The topological polar surface area (TPSA) is 58.1 Å². The number of para-hydroxylation sites is 1. The van der Waals surface area contributed by atoms with E-state index in [2.05, 4.69) is 27.9 Å². The van der Waals surface area contributed by atoms with Crippen molar-refractivity contribution in [2.75, 3.05) is 23.3 Å². The van der Waals surface area contributed by atoms with Crippen LogP contribution in [0.3, 0.4) is 0 Å². The van der Waals surface area contributed by atoms with Crippen LogP contribution in [0.5, 0.6) is 0 Å². The molecule has 1 aliphatic heterocycles. The molecule has 1 N–H and O–H groups in total. The average Bonchev–Trinajstić information content (AvgIpc) is 2.97. The minimum atomic E-state index is -0.109. The third-order valence-corrected chi connectivity index (χ3v) is 3.43. The summed E-state index contributed by atoms with van der Waals surface area (Å²) in [5.74, 6) is 0.524. The number of rotatable bonds is 4. The summed E-state index contributed by atoms with van der Waals surface area (Å²) < 4.78 is 0. The maximum atomic E-state index is 12.5. The van der Waals surface area contributed by atoms with Crippen LogP contribution in [0, 0.1) is 0 Å². The zero-order valence-corrected chi connectivity index (χ0v) is 11.6. The molecule has 1 aromatic heterocycles. The van der Waals surface area contributed by atoms with Crippen LogP contribution in [-0.4, -0.2) is 29.0 Å². The Morgan fingerprint density at radius 2 is 2.19 bits per heavy atom. The van der Waals surface area contributed by atoms with Crippen molar-refractivity contribution in [3.63, 3.8) is 0 Å². The van der Waals surface area contributed by atoms with Crippen molar-refractivity contribution in [3.05, 3.63) is 60.6 Å². The van der Waals surface area contributed by atoms with Crippen LogP contribution < -0.4 is 10.2 Å². The second kappa shape index (κ2) is 5.75. The Balaban J connectivity index is 1.78. The first-order valence-electron chi connectivity index (χ1n) is 6.86. The molecule has 0 saturated carbocycles. The van der Waals surface area contributed by atoms with E-state index in [1.807, 2.05) is 18.2 Å². The molecule has 0 spiro atoms. The molecule has 2 aromatic rings. The third-order valence-electron chi connectivity index (χ3n) is 3.43. The molecular weight excluding hydrogens is 264 g/mol. The first-order chi connectivity index (χ1) is 10.3. The molecule has 106 valence electrons.